The van der Waals surface area contributed by atoms with Crippen molar-refractivity contribution in [2.45, 2.75) is 0 Å². The Bertz CT molecular complexity index is 8640. The standard InChI is InChI=1S/C58H34N4OS.C58H36N4S/c1-2-15-37(16-3-1)56-60-57(38-32-30-36(31-33-38)43-24-12-26-46-44-21-6-8-28-49(44)63-54(43)46)62-58(61-56)40-19-10-18-39(34-40)42-23-13-27-48-51(42)52-47-22-7-9-29-50(47)64-55(52)53(59-48)45-25-11-17-35-14-4-5-20-41(35)45;1-3-15-37(16-4-1)38-31-33-41(34-32-38)57-60-56(40-18-5-2-6-19-40)61-58(62-57)45-24-12-22-43(36-45)42-21-11-23-44(35-42)47-27-14-29-50-52(47)53-49-26-9-10-30-51(49)63-55(53)54(59-50)48-28-13-20-39-17-7-8-25-46(39)48/h1-34H;1-36H. The smallest absolute Gasteiger partial charge is 0.164 e. The maximum absolute atomic E-state index is 6.38. The zero-order valence-electron chi connectivity index (χ0n) is 68.2. The summed E-state index contributed by atoms with van der Waals surface area (Å²) in [6.07, 6.45) is 0. The van der Waals surface area contributed by atoms with Crippen LogP contribution < -0.4 is 0 Å². The Kier molecular flexibility index (Phi) is 18.4. The number of hydrogen-bond donors (Lipinski definition) is 0. The van der Waals surface area contributed by atoms with Gasteiger partial charge in [0.1, 0.15) is 11.2 Å². The summed E-state index contributed by atoms with van der Waals surface area (Å²) in [4.78, 5) is 41.5. The molecule has 7 aromatic heterocycles. The minimum Gasteiger partial charge on any atom is -0.455 e. The van der Waals surface area contributed by atoms with Crippen LogP contribution >= 0.6 is 22.7 Å². The molecule has 25 aromatic rings. The second kappa shape index (κ2) is 31.5. The molecule has 25 rings (SSSR count). The monoisotopic (exact) mass is 1650 g/mol. The highest BCUT2D eigenvalue weighted by Crippen LogP contribution is 2.50. The van der Waals surface area contributed by atoms with E-state index in [0.29, 0.717) is 34.9 Å². The molecular formula is C116H70N8OS2. The minimum atomic E-state index is 0.601. The molecule has 9 nitrogen and oxygen atoms in total. The second-order valence-corrected chi connectivity index (χ2v) is 34.0. The molecule has 0 radical (unpaired) electrons. The van der Waals surface area contributed by atoms with Crippen LogP contribution in [-0.4, -0.2) is 39.9 Å². The van der Waals surface area contributed by atoms with Crippen LogP contribution in [0.15, 0.2) is 429 Å². The summed E-state index contributed by atoms with van der Waals surface area (Å²) in [5, 5.41) is 14.3. The van der Waals surface area contributed by atoms with Gasteiger partial charge in [-0.25, -0.2) is 39.9 Å². The SMILES string of the molecule is c1ccc(-c2ccc(-c3nc(-c4ccccc4)nc(-c4cccc(-c5cccc(-c6cccc7nc(-c8cccc9ccccc89)c8sc9ccccc9c8c67)c5)c4)n3)cc2)cc1.c1ccc(-c2nc(-c3ccc(-c4cccc5c4oc4ccccc45)cc3)nc(-c3cccc(-c4cccc5nc(-c6cccc7ccccc67)c6sc7ccccc7c6c45)c3)n2)cc1. The molecule has 0 N–H and O–H groups in total. The predicted octanol–water partition coefficient (Wildman–Crippen LogP) is 31.5. The van der Waals surface area contributed by atoms with E-state index in [4.69, 9.17) is 44.3 Å². The van der Waals surface area contributed by atoms with Crippen LogP contribution in [0.4, 0.5) is 0 Å². The Labute approximate surface area is 738 Å². The third-order valence-electron chi connectivity index (χ3n) is 24.3. The zero-order chi connectivity index (χ0) is 83.8. The van der Waals surface area contributed by atoms with E-state index in [1.165, 1.54) is 72.8 Å². The lowest BCUT2D eigenvalue weighted by atomic mass is 9.93. The normalized spacial score (nSPS) is 11.6. The van der Waals surface area contributed by atoms with Gasteiger partial charge < -0.3 is 4.42 Å². The molecule has 18 aromatic carbocycles. The van der Waals surface area contributed by atoms with E-state index in [2.05, 4.69) is 346 Å². The van der Waals surface area contributed by atoms with Crippen molar-refractivity contribution in [2.75, 3.05) is 0 Å². The second-order valence-electron chi connectivity index (χ2n) is 31.9. The fraction of sp³-hybridized carbons (Fsp3) is 0. The summed E-state index contributed by atoms with van der Waals surface area (Å²) >= 11 is 3.65. The molecule has 0 aliphatic carbocycles. The van der Waals surface area contributed by atoms with Gasteiger partial charge in [-0.15, -0.1) is 22.7 Å². The molecule has 0 aliphatic rings. The van der Waals surface area contributed by atoms with Crippen molar-refractivity contribution < 1.29 is 4.42 Å². The van der Waals surface area contributed by atoms with Crippen molar-refractivity contribution in [1.29, 1.82) is 0 Å². The van der Waals surface area contributed by atoms with Gasteiger partial charge in [-0.3, -0.25) is 0 Å². The molecule has 592 valence electrons. The molecule has 0 unspecified atom stereocenters. The number of benzene rings is 18. The average Bonchev–Trinajstić information content (AvgIpc) is 1.61. The van der Waals surface area contributed by atoms with Crippen LogP contribution in [0.25, 0.3) is 252 Å². The number of para-hydroxylation sites is 2. The minimum absolute atomic E-state index is 0.601. The van der Waals surface area contributed by atoms with Gasteiger partial charge in [-0.05, 0) is 120 Å². The van der Waals surface area contributed by atoms with Crippen LogP contribution in [0.2, 0.25) is 0 Å². The van der Waals surface area contributed by atoms with Gasteiger partial charge in [0.2, 0.25) is 0 Å². The highest BCUT2D eigenvalue weighted by molar-refractivity contribution is 7.27. The summed E-state index contributed by atoms with van der Waals surface area (Å²) in [6.45, 7) is 0. The first kappa shape index (κ1) is 74.4. The Morgan fingerprint density at radius 1 is 0.181 bits per heavy atom. The Balaban J connectivity index is 0.000000142. The maximum atomic E-state index is 6.38. The molecule has 7 heterocycles. The van der Waals surface area contributed by atoms with Crippen molar-refractivity contribution in [3.63, 3.8) is 0 Å². The molecule has 11 heteroatoms. The third kappa shape index (κ3) is 13.5. The van der Waals surface area contributed by atoms with Crippen LogP contribution in [0, 0.1) is 0 Å². The zero-order valence-corrected chi connectivity index (χ0v) is 69.8. The first-order valence-electron chi connectivity index (χ1n) is 42.5. The summed E-state index contributed by atoms with van der Waals surface area (Å²) in [7, 11) is 0. The van der Waals surface area contributed by atoms with E-state index in [1.54, 1.807) is 0 Å². The lowest BCUT2D eigenvalue weighted by molar-refractivity contribution is 0.670. The maximum Gasteiger partial charge on any atom is 0.164 e. The van der Waals surface area contributed by atoms with Gasteiger partial charge >= 0.3 is 0 Å². The molecule has 0 amide bonds. The summed E-state index contributed by atoms with van der Waals surface area (Å²) < 4.78 is 11.3. The van der Waals surface area contributed by atoms with Crippen molar-refractivity contribution in [2.24, 2.45) is 0 Å². The highest BCUT2D eigenvalue weighted by Gasteiger charge is 2.25. The Morgan fingerprint density at radius 3 is 0.984 bits per heavy atom. The molecule has 0 bridgehead atoms. The first-order chi connectivity index (χ1) is 62.9. The molecule has 0 spiro atoms. The van der Waals surface area contributed by atoms with E-state index in [9.17, 15) is 0 Å². The summed E-state index contributed by atoms with van der Waals surface area (Å²) in [6, 6.07) is 149. The van der Waals surface area contributed by atoms with Crippen LogP contribution in [0.1, 0.15) is 0 Å². The highest BCUT2D eigenvalue weighted by atomic mass is 32.1. The molecule has 0 saturated carbocycles. The number of aromatic nitrogens is 8. The van der Waals surface area contributed by atoms with E-state index < -0.39 is 0 Å². The van der Waals surface area contributed by atoms with Crippen LogP contribution in [-0.2, 0) is 0 Å². The van der Waals surface area contributed by atoms with Gasteiger partial charge in [0.25, 0.3) is 0 Å². The van der Waals surface area contributed by atoms with E-state index in [1.807, 2.05) is 102 Å². The summed E-state index contributed by atoms with van der Waals surface area (Å²) in [5.74, 6) is 3.71. The van der Waals surface area contributed by atoms with Gasteiger partial charge in [-0.1, -0.05) is 376 Å². The number of nitrogens with zero attached hydrogens (tertiary/aromatic N) is 8. The van der Waals surface area contributed by atoms with Crippen molar-refractivity contribution >= 4 is 128 Å². The lowest BCUT2D eigenvalue weighted by Gasteiger charge is -2.14. The fourth-order valence-electron chi connectivity index (χ4n) is 18.2. The van der Waals surface area contributed by atoms with Gasteiger partial charge in [-0.2, -0.15) is 0 Å². The summed E-state index contributed by atoms with van der Waals surface area (Å²) in [5.41, 5.74) is 24.6. The topological polar surface area (TPSA) is 116 Å². The molecule has 0 fully saturated rings. The van der Waals surface area contributed by atoms with Crippen molar-refractivity contribution in [1.82, 2.24) is 39.9 Å². The van der Waals surface area contributed by atoms with E-state index in [0.717, 1.165) is 144 Å². The fourth-order valence-corrected chi connectivity index (χ4v) is 20.6. The van der Waals surface area contributed by atoms with Crippen LogP contribution in [0.5, 0.6) is 0 Å². The number of thiophene rings is 2. The predicted molar refractivity (Wildman–Crippen MR) is 529 cm³/mol. The number of furan rings is 1. The molecule has 0 aliphatic heterocycles. The van der Waals surface area contributed by atoms with Gasteiger partial charge in [0, 0.05) is 103 Å². The number of rotatable bonds is 13. The quantitative estimate of drug-likeness (QED) is 0.111. The van der Waals surface area contributed by atoms with Crippen molar-refractivity contribution in [3.05, 3.63) is 425 Å². The molecule has 0 saturated heterocycles. The number of fused-ring (bicyclic) bond motifs is 15. The average molecular weight is 1660 g/mol. The largest absolute Gasteiger partial charge is 0.455 e. The Hall–Kier alpha value is -16.4. The van der Waals surface area contributed by atoms with Crippen molar-refractivity contribution in [3.8, 4) is 146 Å². The molecule has 127 heavy (non-hydrogen) atoms. The van der Waals surface area contributed by atoms with Crippen LogP contribution in [0.3, 0.4) is 0 Å². The number of pyridine rings is 2. The van der Waals surface area contributed by atoms with Gasteiger partial charge in [0.15, 0.2) is 34.9 Å². The Morgan fingerprint density at radius 2 is 0.488 bits per heavy atom. The first-order valence-corrected chi connectivity index (χ1v) is 44.1. The number of hydrogen-bond acceptors (Lipinski definition) is 11. The molecule has 0 atom stereocenters. The third-order valence-corrected chi connectivity index (χ3v) is 26.6. The molecular weight excluding hydrogens is 1590 g/mol. The van der Waals surface area contributed by atoms with Gasteiger partial charge in [0.05, 0.1) is 31.8 Å². The van der Waals surface area contributed by atoms with E-state index in [-0.39, 0.29) is 0 Å². The van der Waals surface area contributed by atoms with E-state index >= 15 is 0 Å². The lowest BCUT2D eigenvalue weighted by Crippen LogP contribution is -2.00.